The fraction of sp³-hybridized carbons (Fsp3) is 0.294. The second kappa shape index (κ2) is 5.59. The van der Waals surface area contributed by atoms with E-state index in [1.54, 1.807) is 18.1 Å². The summed E-state index contributed by atoms with van der Waals surface area (Å²) in [6.07, 6.45) is 3.53. The number of fused-ring (bicyclic) bond motifs is 1. The van der Waals surface area contributed by atoms with E-state index >= 15 is 0 Å². The number of rotatable bonds is 1. The van der Waals surface area contributed by atoms with E-state index in [1.165, 1.54) is 4.57 Å². The molecule has 24 heavy (non-hydrogen) atoms. The van der Waals surface area contributed by atoms with Gasteiger partial charge in [0.25, 0.3) is 0 Å². The monoisotopic (exact) mass is 323 g/mol. The Morgan fingerprint density at radius 3 is 2.54 bits per heavy atom. The van der Waals surface area contributed by atoms with Crippen LogP contribution in [-0.2, 0) is 7.05 Å². The van der Waals surface area contributed by atoms with Gasteiger partial charge >= 0.3 is 11.7 Å². The van der Waals surface area contributed by atoms with Crippen molar-refractivity contribution in [3.8, 4) is 11.4 Å². The van der Waals surface area contributed by atoms with Gasteiger partial charge in [-0.2, -0.15) is 4.57 Å². The van der Waals surface area contributed by atoms with Gasteiger partial charge in [0.05, 0.1) is 6.20 Å². The van der Waals surface area contributed by atoms with Crippen LogP contribution in [0.15, 0.2) is 41.3 Å². The van der Waals surface area contributed by atoms with Gasteiger partial charge in [0, 0.05) is 25.7 Å². The van der Waals surface area contributed by atoms with Crippen LogP contribution in [0.25, 0.3) is 22.6 Å². The summed E-state index contributed by atoms with van der Waals surface area (Å²) in [5.74, 6) is 0.497. The summed E-state index contributed by atoms with van der Waals surface area (Å²) in [4.78, 5) is 35.8. The van der Waals surface area contributed by atoms with E-state index in [9.17, 15) is 9.59 Å². The molecule has 2 aromatic heterocycles. The maximum atomic E-state index is 12.8. The molecule has 3 aromatic rings. The van der Waals surface area contributed by atoms with Crippen molar-refractivity contribution in [1.29, 1.82) is 0 Å². The second-order valence-electron chi connectivity index (χ2n) is 5.92. The smallest absolute Gasteiger partial charge is 0.324 e. The fourth-order valence-electron chi connectivity index (χ4n) is 3.06. The molecule has 7 nitrogen and oxygen atoms in total. The molecular weight excluding hydrogens is 306 g/mol. The first-order valence-corrected chi connectivity index (χ1v) is 7.96. The Morgan fingerprint density at radius 2 is 1.83 bits per heavy atom. The van der Waals surface area contributed by atoms with Crippen LogP contribution in [-0.4, -0.2) is 43.1 Å². The van der Waals surface area contributed by atoms with Gasteiger partial charge in [0.2, 0.25) is 0 Å². The van der Waals surface area contributed by atoms with Gasteiger partial charge in [0.15, 0.2) is 11.5 Å². The average molecular weight is 323 g/mol. The quantitative estimate of drug-likeness (QED) is 0.685. The van der Waals surface area contributed by atoms with Gasteiger partial charge in [-0.1, -0.05) is 30.3 Å². The molecule has 0 spiro atoms. The lowest BCUT2D eigenvalue weighted by Crippen LogP contribution is -2.38. The van der Waals surface area contributed by atoms with Gasteiger partial charge in [-0.15, -0.1) is 0 Å². The minimum atomic E-state index is -0.388. The Hall–Kier alpha value is -2.96. The number of hydrogen-bond donors (Lipinski definition) is 0. The number of benzene rings is 1. The summed E-state index contributed by atoms with van der Waals surface area (Å²) < 4.78 is 2.58. The van der Waals surface area contributed by atoms with Crippen molar-refractivity contribution in [1.82, 2.24) is 24.0 Å². The van der Waals surface area contributed by atoms with Crippen LogP contribution in [0, 0.1) is 0 Å². The first-order valence-electron chi connectivity index (χ1n) is 7.96. The van der Waals surface area contributed by atoms with E-state index in [1.807, 2.05) is 30.3 Å². The highest BCUT2D eigenvalue weighted by Gasteiger charge is 2.25. The average Bonchev–Trinajstić information content (AvgIpc) is 3.23. The zero-order valence-corrected chi connectivity index (χ0v) is 13.3. The summed E-state index contributed by atoms with van der Waals surface area (Å²) in [6, 6.07) is 9.20. The van der Waals surface area contributed by atoms with Gasteiger partial charge in [-0.3, -0.25) is 4.57 Å². The Kier molecular flexibility index (Phi) is 3.41. The fourth-order valence-corrected chi connectivity index (χ4v) is 3.06. The number of nitrogens with zero attached hydrogens (tertiary/aromatic N) is 5. The van der Waals surface area contributed by atoms with Crippen LogP contribution < -0.4 is 5.69 Å². The summed E-state index contributed by atoms with van der Waals surface area (Å²) >= 11 is 0. The Morgan fingerprint density at radius 1 is 1.12 bits per heavy atom. The molecule has 0 aliphatic carbocycles. The maximum Gasteiger partial charge on any atom is 0.338 e. The lowest BCUT2D eigenvalue weighted by molar-refractivity contribution is 0.210. The molecule has 122 valence electrons. The van der Waals surface area contributed by atoms with E-state index in [4.69, 9.17) is 0 Å². The number of likely N-dealkylation sites (tertiary alicyclic amines) is 1. The summed E-state index contributed by atoms with van der Waals surface area (Å²) in [5.41, 5.74) is 1.36. The summed E-state index contributed by atoms with van der Waals surface area (Å²) in [7, 11) is 1.63. The van der Waals surface area contributed by atoms with Crippen LogP contribution in [0.1, 0.15) is 12.8 Å². The second-order valence-corrected chi connectivity index (χ2v) is 5.92. The highest BCUT2D eigenvalue weighted by molar-refractivity contribution is 5.87. The zero-order valence-electron chi connectivity index (χ0n) is 13.3. The summed E-state index contributed by atoms with van der Waals surface area (Å²) in [6.45, 7) is 1.36. The van der Waals surface area contributed by atoms with Crippen molar-refractivity contribution >= 4 is 17.2 Å². The van der Waals surface area contributed by atoms with Crippen molar-refractivity contribution in [3.63, 3.8) is 0 Å². The van der Waals surface area contributed by atoms with Crippen LogP contribution in [0.5, 0.6) is 0 Å². The van der Waals surface area contributed by atoms with E-state index in [0.717, 1.165) is 23.0 Å². The number of aryl methyl sites for hydroxylation is 1. The van der Waals surface area contributed by atoms with Crippen LogP contribution in [0.2, 0.25) is 0 Å². The SMILES string of the molecule is Cn1c(=O)n(C(=O)N2CCCC2)c2nc(-c3ccccc3)ncc21. The van der Waals surface area contributed by atoms with Crippen molar-refractivity contribution in [2.75, 3.05) is 13.1 Å². The van der Waals surface area contributed by atoms with Gasteiger partial charge < -0.3 is 4.90 Å². The first kappa shape index (κ1) is 14.6. The highest BCUT2D eigenvalue weighted by atomic mass is 16.2. The molecule has 7 heteroatoms. The summed E-state index contributed by atoms with van der Waals surface area (Å²) in [5, 5.41) is 0. The van der Waals surface area contributed by atoms with E-state index in [-0.39, 0.29) is 11.7 Å². The third-order valence-corrected chi connectivity index (χ3v) is 4.40. The van der Waals surface area contributed by atoms with E-state index in [0.29, 0.717) is 30.1 Å². The Labute approximate surface area is 138 Å². The number of hydrogen-bond acceptors (Lipinski definition) is 4. The number of amides is 1. The van der Waals surface area contributed by atoms with Crippen LogP contribution in [0.3, 0.4) is 0 Å². The van der Waals surface area contributed by atoms with E-state index < -0.39 is 0 Å². The third-order valence-electron chi connectivity index (χ3n) is 4.40. The molecule has 0 saturated carbocycles. The van der Waals surface area contributed by atoms with Crippen molar-refractivity contribution < 1.29 is 4.79 Å². The maximum absolute atomic E-state index is 12.8. The van der Waals surface area contributed by atoms with Gasteiger partial charge in [-0.25, -0.2) is 19.6 Å². The molecule has 1 amide bonds. The molecule has 0 radical (unpaired) electrons. The first-order chi connectivity index (χ1) is 11.7. The minimum absolute atomic E-state index is 0.305. The topological polar surface area (TPSA) is 73.0 Å². The van der Waals surface area contributed by atoms with Gasteiger partial charge in [-0.05, 0) is 12.8 Å². The Balaban J connectivity index is 1.90. The molecule has 0 atom stereocenters. The molecule has 0 bridgehead atoms. The van der Waals surface area contributed by atoms with E-state index in [2.05, 4.69) is 9.97 Å². The molecule has 1 saturated heterocycles. The van der Waals surface area contributed by atoms with Crippen LogP contribution >= 0.6 is 0 Å². The number of carbonyl (C=O) groups is 1. The molecule has 1 aliphatic heterocycles. The standard InChI is InChI=1S/C17H17N5O2/c1-20-13-11-18-14(12-7-3-2-4-8-12)19-15(13)22(16(20)23)17(24)21-9-5-6-10-21/h2-4,7-8,11H,5-6,9-10H2,1H3. The predicted octanol–water partition coefficient (Wildman–Crippen LogP) is 1.86. The normalized spacial score (nSPS) is 14.5. The molecule has 4 rings (SSSR count). The van der Waals surface area contributed by atoms with Crippen molar-refractivity contribution in [2.45, 2.75) is 12.8 Å². The Bertz CT molecular complexity index is 968. The highest BCUT2D eigenvalue weighted by Crippen LogP contribution is 2.18. The molecule has 1 aliphatic rings. The van der Waals surface area contributed by atoms with Crippen molar-refractivity contribution in [3.05, 3.63) is 47.0 Å². The molecule has 1 aromatic carbocycles. The zero-order chi connectivity index (χ0) is 16.7. The van der Waals surface area contributed by atoms with Gasteiger partial charge in [0.1, 0.15) is 5.52 Å². The molecule has 0 unspecified atom stereocenters. The minimum Gasteiger partial charge on any atom is -0.324 e. The third kappa shape index (κ3) is 2.20. The lowest BCUT2D eigenvalue weighted by atomic mass is 10.2. The molecule has 1 fully saturated rings. The number of aromatic nitrogens is 4. The lowest BCUT2D eigenvalue weighted by Gasteiger charge is -2.14. The van der Waals surface area contributed by atoms with Crippen molar-refractivity contribution in [2.24, 2.45) is 7.05 Å². The number of carbonyl (C=O) groups excluding carboxylic acids is 1. The molecule has 3 heterocycles. The molecule has 0 N–H and O–H groups in total. The molecular formula is C17H17N5O2. The largest absolute Gasteiger partial charge is 0.338 e. The van der Waals surface area contributed by atoms with Crippen LogP contribution in [0.4, 0.5) is 4.79 Å². The predicted molar refractivity (Wildman–Crippen MR) is 89.8 cm³/mol. The number of imidazole rings is 1.